The third-order valence-corrected chi connectivity index (χ3v) is 5.71. The summed E-state index contributed by atoms with van der Waals surface area (Å²) < 4.78 is 13.2. The predicted molar refractivity (Wildman–Crippen MR) is 85.3 cm³/mol. The minimum atomic E-state index is -0.289. The summed E-state index contributed by atoms with van der Waals surface area (Å²) in [5, 5.41) is 13.6. The highest BCUT2D eigenvalue weighted by Gasteiger charge is 2.47. The number of amides is 1. The van der Waals surface area contributed by atoms with Crippen LogP contribution < -0.4 is 5.32 Å². The molecule has 1 amide bonds. The monoisotopic (exact) mass is 316 g/mol. The topological polar surface area (TPSA) is 65.1 Å². The molecule has 2 aliphatic carbocycles. The molecule has 4 rings (SSSR count). The van der Waals surface area contributed by atoms with Gasteiger partial charge in [0.15, 0.2) is 0 Å². The van der Waals surface area contributed by atoms with E-state index in [1.54, 1.807) is 12.3 Å². The van der Waals surface area contributed by atoms with Gasteiger partial charge in [-0.05, 0) is 54.9 Å². The number of aliphatic hydroxyl groups is 1. The molecule has 2 aliphatic rings. The molecule has 4 nitrogen and oxygen atoms in total. The summed E-state index contributed by atoms with van der Waals surface area (Å²) in [5.41, 5.74) is 1.59. The van der Waals surface area contributed by atoms with Crippen LogP contribution in [0, 0.1) is 23.6 Å². The summed E-state index contributed by atoms with van der Waals surface area (Å²) in [6, 6.07) is 4.66. The molecule has 0 aliphatic heterocycles. The highest BCUT2D eigenvalue weighted by Crippen LogP contribution is 2.48. The van der Waals surface area contributed by atoms with Crippen LogP contribution in [0.15, 0.2) is 24.4 Å². The zero-order chi connectivity index (χ0) is 16.0. The maximum Gasteiger partial charge on any atom is 0.224 e. The number of rotatable bonds is 4. The first kappa shape index (κ1) is 14.7. The van der Waals surface area contributed by atoms with Crippen LogP contribution in [0.3, 0.4) is 0 Å². The van der Waals surface area contributed by atoms with E-state index in [-0.39, 0.29) is 36.7 Å². The summed E-state index contributed by atoms with van der Waals surface area (Å²) in [7, 11) is 0. The average molecular weight is 316 g/mol. The number of H-pyrrole nitrogens is 1. The van der Waals surface area contributed by atoms with E-state index in [0.717, 1.165) is 23.8 Å². The molecule has 2 bridgehead atoms. The molecule has 0 radical (unpaired) electrons. The van der Waals surface area contributed by atoms with Crippen LogP contribution in [0.25, 0.3) is 10.9 Å². The van der Waals surface area contributed by atoms with E-state index in [1.165, 1.54) is 18.6 Å². The molecule has 1 aromatic heterocycles. The predicted octanol–water partition coefficient (Wildman–Crippen LogP) is 2.37. The van der Waals surface area contributed by atoms with Crippen LogP contribution >= 0.6 is 0 Å². The molecule has 23 heavy (non-hydrogen) atoms. The molecular formula is C18H21FN2O2. The van der Waals surface area contributed by atoms with Crippen molar-refractivity contribution in [2.24, 2.45) is 17.8 Å². The number of nitrogens with one attached hydrogen (secondary N) is 2. The lowest BCUT2D eigenvalue weighted by Gasteiger charge is -2.30. The molecule has 1 heterocycles. The van der Waals surface area contributed by atoms with E-state index in [0.29, 0.717) is 17.4 Å². The Hall–Kier alpha value is -1.88. The van der Waals surface area contributed by atoms with Crippen LogP contribution in [0.4, 0.5) is 4.39 Å². The minimum Gasteiger partial charge on any atom is -0.396 e. The van der Waals surface area contributed by atoms with Crippen molar-refractivity contribution in [1.82, 2.24) is 10.3 Å². The second-order valence-corrected chi connectivity index (χ2v) is 6.95. The number of fused-ring (bicyclic) bond motifs is 3. The largest absolute Gasteiger partial charge is 0.396 e. The second kappa shape index (κ2) is 5.64. The smallest absolute Gasteiger partial charge is 0.224 e. The van der Waals surface area contributed by atoms with Gasteiger partial charge >= 0.3 is 0 Å². The number of aromatic amines is 1. The summed E-state index contributed by atoms with van der Waals surface area (Å²) in [5.74, 6) is 0.966. The molecule has 5 heteroatoms. The Bertz CT molecular complexity index is 742. The molecule has 3 N–H and O–H groups in total. The summed E-state index contributed by atoms with van der Waals surface area (Å²) in [6.07, 6.45) is 5.50. The third-order valence-electron chi connectivity index (χ3n) is 5.71. The van der Waals surface area contributed by atoms with Crippen LogP contribution in [-0.4, -0.2) is 28.6 Å². The average Bonchev–Trinajstić information content (AvgIpc) is 3.22. The summed E-state index contributed by atoms with van der Waals surface area (Å²) >= 11 is 0. The van der Waals surface area contributed by atoms with E-state index >= 15 is 0 Å². The van der Waals surface area contributed by atoms with Crippen LogP contribution in [-0.2, 0) is 11.2 Å². The molecule has 2 aromatic rings. The second-order valence-electron chi connectivity index (χ2n) is 6.95. The Morgan fingerprint density at radius 2 is 2.17 bits per heavy atom. The lowest BCUT2D eigenvalue weighted by molar-refractivity contribution is -0.122. The summed E-state index contributed by atoms with van der Waals surface area (Å²) in [6.45, 7) is 0.151. The van der Waals surface area contributed by atoms with Gasteiger partial charge in [0.2, 0.25) is 5.91 Å². The number of halogens is 1. The van der Waals surface area contributed by atoms with Gasteiger partial charge in [0.05, 0.1) is 6.42 Å². The van der Waals surface area contributed by atoms with Crippen molar-refractivity contribution in [1.29, 1.82) is 0 Å². The van der Waals surface area contributed by atoms with Crippen LogP contribution in [0.2, 0.25) is 0 Å². The fraction of sp³-hybridized carbons (Fsp3) is 0.500. The Morgan fingerprint density at radius 3 is 3.00 bits per heavy atom. The zero-order valence-electron chi connectivity index (χ0n) is 12.9. The molecule has 2 fully saturated rings. The van der Waals surface area contributed by atoms with Gasteiger partial charge in [0, 0.05) is 35.7 Å². The molecule has 0 spiro atoms. The van der Waals surface area contributed by atoms with Gasteiger partial charge in [-0.1, -0.05) is 0 Å². The normalized spacial score (nSPS) is 29.3. The number of aromatic nitrogens is 1. The Kier molecular flexibility index (Phi) is 3.60. The van der Waals surface area contributed by atoms with Gasteiger partial charge in [0.25, 0.3) is 0 Å². The number of aliphatic hydroxyl groups excluding tert-OH is 1. The van der Waals surface area contributed by atoms with E-state index in [4.69, 9.17) is 0 Å². The Labute approximate surface area is 134 Å². The van der Waals surface area contributed by atoms with Crippen molar-refractivity contribution in [3.8, 4) is 0 Å². The van der Waals surface area contributed by atoms with Gasteiger partial charge in [-0.3, -0.25) is 4.79 Å². The number of carbonyl (C=O) groups excluding carboxylic acids is 1. The van der Waals surface area contributed by atoms with Crippen molar-refractivity contribution < 1.29 is 14.3 Å². The molecule has 4 unspecified atom stereocenters. The number of hydrogen-bond acceptors (Lipinski definition) is 2. The van der Waals surface area contributed by atoms with Crippen molar-refractivity contribution >= 4 is 16.8 Å². The van der Waals surface area contributed by atoms with E-state index in [1.807, 2.05) is 0 Å². The van der Waals surface area contributed by atoms with Gasteiger partial charge < -0.3 is 15.4 Å². The van der Waals surface area contributed by atoms with Crippen LogP contribution in [0.5, 0.6) is 0 Å². The number of hydrogen-bond donors (Lipinski definition) is 3. The van der Waals surface area contributed by atoms with Crippen LogP contribution in [0.1, 0.15) is 24.8 Å². The highest BCUT2D eigenvalue weighted by molar-refractivity contribution is 5.89. The molecule has 1 aromatic carbocycles. The van der Waals surface area contributed by atoms with E-state index in [2.05, 4.69) is 10.3 Å². The van der Waals surface area contributed by atoms with E-state index in [9.17, 15) is 14.3 Å². The third kappa shape index (κ3) is 2.53. The van der Waals surface area contributed by atoms with Gasteiger partial charge in [0.1, 0.15) is 5.82 Å². The Balaban J connectivity index is 1.47. The zero-order valence-corrected chi connectivity index (χ0v) is 12.9. The first-order valence-electron chi connectivity index (χ1n) is 8.31. The highest BCUT2D eigenvalue weighted by atomic mass is 19.1. The van der Waals surface area contributed by atoms with Crippen molar-refractivity contribution in [2.45, 2.75) is 31.7 Å². The first-order valence-corrected chi connectivity index (χ1v) is 8.31. The lowest BCUT2D eigenvalue weighted by atomic mass is 9.85. The Morgan fingerprint density at radius 1 is 1.35 bits per heavy atom. The molecule has 4 atom stereocenters. The van der Waals surface area contributed by atoms with E-state index < -0.39 is 0 Å². The fourth-order valence-corrected chi connectivity index (χ4v) is 4.61. The number of benzene rings is 1. The molecule has 2 saturated carbocycles. The molecular weight excluding hydrogens is 295 g/mol. The fourth-order valence-electron chi connectivity index (χ4n) is 4.61. The van der Waals surface area contributed by atoms with Gasteiger partial charge in [-0.15, -0.1) is 0 Å². The van der Waals surface area contributed by atoms with Crippen molar-refractivity contribution in [3.63, 3.8) is 0 Å². The van der Waals surface area contributed by atoms with Gasteiger partial charge in [-0.25, -0.2) is 4.39 Å². The maximum atomic E-state index is 13.2. The summed E-state index contributed by atoms with van der Waals surface area (Å²) in [4.78, 5) is 15.4. The van der Waals surface area contributed by atoms with Crippen molar-refractivity contribution in [2.75, 3.05) is 6.61 Å². The lowest BCUT2D eigenvalue weighted by Crippen LogP contribution is -2.45. The SMILES string of the molecule is O=C(Cc1c[nH]c2cc(F)ccc12)NC1C2CCC(C2)C1CO. The molecule has 0 saturated heterocycles. The standard InChI is InChI=1S/C18H21FN2O2/c19-13-3-4-14-12(8-20-16(14)7-13)6-17(23)21-18-11-2-1-10(5-11)15(18)9-22/h3-4,7-8,10-11,15,18,20,22H,1-2,5-6,9H2,(H,21,23). The number of carbonyl (C=O) groups is 1. The van der Waals surface area contributed by atoms with Gasteiger partial charge in [-0.2, -0.15) is 0 Å². The van der Waals surface area contributed by atoms with Crippen molar-refractivity contribution in [3.05, 3.63) is 35.8 Å². The maximum absolute atomic E-state index is 13.2. The quantitative estimate of drug-likeness (QED) is 0.811. The minimum absolute atomic E-state index is 0.0220. The first-order chi connectivity index (χ1) is 11.2. The molecule has 122 valence electrons.